The molecule has 0 aromatic heterocycles. The summed E-state index contributed by atoms with van der Waals surface area (Å²) in [6, 6.07) is 9.98. The third kappa shape index (κ3) is 3.51. The quantitative estimate of drug-likeness (QED) is 0.914. The normalized spacial score (nSPS) is 12.2. The van der Waals surface area contributed by atoms with Gasteiger partial charge in [-0.15, -0.1) is 0 Å². The minimum atomic E-state index is -0.835. The predicted molar refractivity (Wildman–Crippen MR) is 67.8 cm³/mol. The van der Waals surface area contributed by atoms with Crippen LogP contribution in [0.15, 0.2) is 42.5 Å². The zero-order valence-corrected chi connectivity index (χ0v) is 10.4. The molecule has 0 spiro atoms. The molecule has 0 saturated carbocycles. The van der Waals surface area contributed by atoms with E-state index in [4.69, 9.17) is 4.74 Å². The molecule has 2 aromatic rings. The summed E-state index contributed by atoms with van der Waals surface area (Å²) >= 11 is 0. The Balaban J connectivity index is 2.15. The van der Waals surface area contributed by atoms with Crippen molar-refractivity contribution >= 4 is 0 Å². The standard InChI is InChI=1S/C15H14F2O2/c1-10(18)14-8-13(17)5-6-15(14)19-9-11-3-2-4-12(16)7-11/h2-8,10,18H,9H2,1H3/t10-/m0/s1. The van der Waals surface area contributed by atoms with Crippen LogP contribution >= 0.6 is 0 Å². The second-order valence-electron chi connectivity index (χ2n) is 4.28. The van der Waals surface area contributed by atoms with Gasteiger partial charge in [0.2, 0.25) is 0 Å². The van der Waals surface area contributed by atoms with E-state index in [1.165, 1.54) is 37.3 Å². The molecule has 1 N–H and O–H groups in total. The van der Waals surface area contributed by atoms with Crippen molar-refractivity contribution in [3.63, 3.8) is 0 Å². The van der Waals surface area contributed by atoms with Gasteiger partial charge in [-0.3, -0.25) is 0 Å². The third-order valence-corrected chi connectivity index (χ3v) is 2.71. The molecule has 0 unspecified atom stereocenters. The van der Waals surface area contributed by atoms with Crippen LogP contribution in [0.5, 0.6) is 5.75 Å². The van der Waals surface area contributed by atoms with Gasteiger partial charge in [0.1, 0.15) is 24.0 Å². The molecule has 19 heavy (non-hydrogen) atoms. The first kappa shape index (κ1) is 13.5. The smallest absolute Gasteiger partial charge is 0.125 e. The van der Waals surface area contributed by atoms with Gasteiger partial charge < -0.3 is 9.84 Å². The third-order valence-electron chi connectivity index (χ3n) is 2.71. The van der Waals surface area contributed by atoms with Gasteiger partial charge in [0.05, 0.1) is 6.10 Å². The van der Waals surface area contributed by atoms with Crippen LogP contribution in [-0.4, -0.2) is 5.11 Å². The Hall–Kier alpha value is -1.94. The van der Waals surface area contributed by atoms with Crippen LogP contribution in [0.25, 0.3) is 0 Å². The number of ether oxygens (including phenoxy) is 1. The Morgan fingerprint density at radius 3 is 2.53 bits per heavy atom. The molecule has 4 heteroatoms. The largest absolute Gasteiger partial charge is 0.489 e. The molecule has 0 fully saturated rings. The van der Waals surface area contributed by atoms with Crippen molar-refractivity contribution in [3.8, 4) is 5.75 Å². The second-order valence-corrected chi connectivity index (χ2v) is 4.28. The molecule has 1 atom stereocenters. The summed E-state index contributed by atoms with van der Waals surface area (Å²) in [5.74, 6) is -0.384. The zero-order valence-electron chi connectivity index (χ0n) is 10.4. The molecule has 0 amide bonds. The molecule has 2 nitrogen and oxygen atoms in total. The predicted octanol–water partition coefficient (Wildman–Crippen LogP) is 3.60. The van der Waals surface area contributed by atoms with E-state index in [0.717, 1.165) is 0 Å². The summed E-state index contributed by atoms with van der Waals surface area (Å²) in [5, 5.41) is 9.56. The fourth-order valence-corrected chi connectivity index (χ4v) is 1.77. The summed E-state index contributed by atoms with van der Waals surface area (Å²) in [4.78, 5) is 0. The van der Waals surface area contributed by atoms with Crippen molar-refractivity contribution in [3.05, 3.63) is 65.2 Å². The van der Waals surface area contributed by atoms with Crippen molar-refractivity contribution in [2.45, 2.75) is 19.6 Å². The average molecular weight is 264 g/mol. The maximum Gasteiger partial charge on any atom is 0.125 e. The van der Waals surface area contributed by atoms with Crippen molar-refractivity contribution in [2.24, 2.45) is 0 Å². The minimum absolute atomic E-state index is 0.156. The maximum absolute atomic E-state index is 13.1. The van der Waals surface area contributed by atoms with Gasteiger partial charge in [0, 0.05) is 5.56 Å². The van der Waals surface area contributed by atoms with Crippen LogP contribution in [0, 0.1) is 11.6 Å². The van der Waals surface area contributed by atoms with E-state index in [1.807, 2.05) is 0 Å². The lowest BCUT2D eigenvalue weighted by molar-refractivity contribution is 0.189. The molecule has 0 aliphatic rings. The van der Waals surface area contributed by atoms with Crippen LogP contribution in [-0.2, 0) is 6.61 Å². The number of hydrogen-bond acceptors (Lipinski definition) is 2. The Morgan fingerprint density at radius 1 is 1.11 bits per heavy atom. The molecule has 0 aliphatic heterocycles. The van der Waals surface area contributed by atoms with E-state index in [-0.39, 0.29) is 12.4 Å². The zero-order chi connectivity index (χ0) is 13.8. The van der Waals surface area contributed by atoms with Crippen molar-refractivity contribution in [2.75, 3.05) is 0 Å². The summed E-state index contributed by atoms with van der Waals surface area (Å²) in [5.41, 5.74) is 1.04. The van der Waals surface area contributed by atoms with E-state index in [0.29, 0.717) is 16.9 Å². The van der Waals surface area contributed by atoms with Crippen LogP contribution < -0.4 is 4.74 Å². The van der Waals surface area contributed by atoms with E-state index in [2.05, 4.69) is 0 Å². The first-order valence-corrected chi connectivity index (χ1v) is 5.91. The Kier molecular flexibility index (Phi) is 4.12. The van der Waals surface area contributed by atoms with Crippen LogP contribution in [0.1, 0.15) is 24.2 Å². The van der Waals surface area contributed by atoms with E-state index >= 15 is 0 Å². The Morgan fingerprint density at radius 2 is 1.84 bits per heavy atom. The van der Waals surface area contributed by atoms with Crippen molar-refractivity contribution in [1.82, 2.24) is 0 Å². The fraction of sp³-hybridized carbons (Fsp3) is 0.200. The highest BCUT2D eigenvalue weighted by Crippen LogP contribution is 2.26. The lowest BCUT2D eigenvalue weighted by atomic mass is 10.1. The average Bonchev–Trinajstić information content (AvgIpc) is 2.37. The summed E-state index contributed by atoms with van der Waals surface area (Å²) in [6.45, 7) is 1.69. The highest BCUT2D eigenvalue weighted by Gasteiger charge is 2.10. The van der Waals surface area contributed by atoms with Crippen molar-refractivity contribution < 1.29 is 18.6 Å². The highest BCUT2D eigenvalue weighted by molar-refractivity contribution is 5.35. The molecule has 0 saturated heterocycles. The number of rotatable bonds is 4. The van der Waals surface area contributed by atoms with Gasteiger partial charge in [-0.1, -0.05) is 12.1 Å². The van der Waals surface area contributed by atoms with E-state index < -0.39 is 11.9 Å². The fourth-order valence-electron chi connectivity index (χ4n) is 1.77. The topological polar surface area (TPSA) is 29.5 Å². The lowest BCUT2D eigenvalue weighted by Gasteiger charge is -2.13. The lowest BCUT2D eigenvalue weighted by Crippen LogP contribution is -2.01. The Bertz CT molecular complexity index is 568. The molecule has 2 rings (SSSR count). The molecule has 0 heterocycles. The van der Waals surface area contributed by atoms with Gasteiger partial charge >= 0.3 is 0 Å². The molecule has 0 bridgehead atoms. The molecular formula is C15H14F2O2. The molecule has 0 radical (unpaired) electrons. The number of benzene rings is 2. The van der Waals surface area contributed by atoms with Crippen LogP contribution in [0.2, 0.25) is 0 Å². The van der Waals surface area contributed by atoms with E-state index in [9.17, 15) is 13.9 Å². The summed E-state index contributed by atoms with van der Waals surface area (Å²) in [6.07, 6.45) is -0.835. The van der Waals surface area contributed by atoms with Crippen LogP contribution in [0.4, 0.5) is 8.78 Å². The van der Waals surface area contributed by atoms with Gasteiger partial charge in [-0.2, -0.15) is 0 Å². The maximum atomic E-state index is 13.1. The highest BCUT2D eigenvalue weighted by atomic mass is 19.1. The number of aliphatic hydroxyl groups excluding tert-OH is 1. The number of halogens is 2. The van der Waals surface area contributed by atoms with Gasteiger partial charge in [-0.25, -0.2) is 8.78 Å². The monoisotopic (exact) mass is 264 g/mol. The molecule has 100 valence electrons. The molecule has 2 aromatic carbocycles. The van der Waals surface area contributed by atoms with Gasteiger partial charge in [-0.05, 0) is 42.8 Å². The minimum Gasteiger partial charge on any atom is -0.489 e. The van der Waals surface area contributed by atoms with Gasteiger partial charge in [0.15, 0.2) is 0 Å². The summed E-state index contributed by atoms with van der Waals surface area (Å²) in [7, 11) is 0. The first-order chi connectivity index (χ1) is 9.06. The van der Waals surface area contributed by atoms with Crippen LogP contribution in [0.3, 0.4) is 0 Å². The molecule has 0 aliphatic carbocycles. The second kappa shape index (κ2) is 5.80. The first-order valence-electron chi connectivity index (χ1n) is 5.91. The van der Waals surface area contributed by atoms with Gasteiger partial charge in [0.25, 0.3) is 0 Å². The number of aliphatic hydroxyl groups is 1. The molecular weight excluding hydrogens is 250 g/mol. The number of hydrogen-bond donors (Lipinski definition) is 1. The Labute approximate surface area is 110 Å². The van der Waals surface area contributed by atoms with E-state index in [1.54, 1.807) is 12.1 Å². The van der Waals surface area contributed by atoms with Crippen molar-refractivity contribution in [1.29, 1.82) is 0 Å². The SMILES string of the molecule is C[C@H](O)c1cc(F)ccc1OCc1cccc(F)c1. The summed E-state index contributed by atoms with van der Waals surface area (Å²) < 4.78 is 31.6.